The van der Waals surface area contributed by atoms with Gasteiger partial charge in [-0.05, 0) is 19.8 Å². The molecule has 2 heterocycles. The highest BCUT2D eigenvalue weighted by Crippen LogP contribution is 2.14. The molecule has 8 heteroatoms. The molecule has 0 bridgehead atoms. The quantitative estimate of drug-likeness (QED) is 0.824. The summed E-state index contributed by atoms with van der Waals surface area (Å²) in [7, 11) is 0. The summed E-state index contributed by atoms with van der Waals surface area (Å²) in [6, 6.07) is 0. The molecule has 2 rings (SSSR count). The van der Waals surface area contributed by atoms with Gasteiger partial charge in [0.15, 0.2) is 0 Å². The van der Waals surface area contributed by atoms with E-state index in [2.05, 4.69) is 56.0 Å². The Morgan fingerprint density at radius 3 is 2.62 bits per heavy atom. The van der Waals surface area contributed by atoms with E-state index in [1.165, 1.54) is 11.0 Å². The molecule has 21 heavy (non-hydrogen) atoms. The maximum absolute atomic E-state index is 4.51. The molecule has 0 spiro atoms. The lowest BCUT2D eigenvalue weighted by molar-refractivity contribution is 0.606. The van der Waals surface area contributed by atoms with Crippen molar-refractivity contribution in [3.63, 3.8) is 0 Å². The zero-order valence-corrected chi connectivity index (χ0v) is 13.0. The summed E-state index contributed by atoms with van der Waals surface area (Å²) in [5, 5.41) is 7.21. The average molecular weight is 290 g/mol. The summed E-state index contributed by atoms with van der Waals surface area (Å²) in [5.41, 5.74) is 0. The number of hydrogen-bond donors (Lipinski definition) is 1. The molecule has 0 aliphatic carbocycles. The topological polar surface area (TPSA) is 84.7 Å². The minimum atomic E-state index is 0.468. The van der Waals surface area contributed by atoms with Crippen LogP contribution in [0.4, 0.5) is 11.9 Å². The van der Waals surface area contributed by atoms with E-state index >= 15 is 0 Å². The fourth-order valence-electron chi connectivity index (χ4n) is 1.94. The first kappa shape index (κ1) is 15.1. The molecule has 2 aromatic rings. The van der Waals surface area contributed by atoms with Crippen LogP contribution >= 0.6 is 0 Å². The van der Waals surface area contributed by atoms with E-state index in [-0.39, 0.29) is 0 Å². The maximum Gasteiger partial charge on any atom is 0.258 e. The summed E-state index contributed by atoms with van der Waals surface area (Å²) in [4.78, 5) is 19.4. The summed E-state index contributed by atoms with van der Waals surface area (Å²) >= 11 is 0. The van der Waals surface area contributed by atoms with Crippen LogP contribution < -0.4 is 10.2 Å². The number of hydrogen-bond acceptors (Lipinski definition) is 7. The van der Waals surface area contributed by atoms with Crippen molar-refractivity contribution in [2.75, 3.05) is 29.9 Å². The highest BCUT2D eigenvalue weighted by Gasteiger charge is 2.14. The fourth-order valence-corrected chi connectivity index (χ4v) is 1.94. The van der Waals surface area contributed by atoms with Crippen LogP contribution in [0.2, 0.25) is 0 Å². The third kappa shape index (κ3) is 3.87. The van der Waals surface area contributed by atoms with E-state index in [9.17, 15) is 0 Å². The standard InChI is InChI=1S/C13H22N8/c1-5-15-11-17-12(20(6-2)7-10(3)4)19-13(18-11)21-9-14-8-16-21/h8-10H,5-7H2,1-4H3,(H,15,17,18,19). The van der Waals surface area contributed by atoms with E-state index < -0.39 is 0 Å². The number of anilines is 2. The second kappa shape index (κ2) is 6.96. The molecule has 0 saturated carbocycles. The summed E-state index contributed by atoms with van der Waals surface area (Å²) in [6.45, 7) is 10.9. The van der Waals surface area contributed by atoms with E-state index in [1.807, 2.05) is 6.92 Å². The molecule has 0 radical (unpaired) electrons. The Hall–Kier alpha value is -2.25. The Bertz CT molecular complexity index is 551. The number of nitrogens with one attached hydrogen (secondary N) is 1. The van der Waals surface area contributed by atoms with Crippen molar-refractivity contribution in [2.24, 2.45) is 5.92 Å². The van der Waals surface area contributed by atoms with Crippen molar-refractivity contribution in [3.8, 4) is 5.95 Å². The molecule has 0 aliphatic heterocycles. The highest BCUT2D eigenvalue weighted by molar-refractivity contribution is 5.39. The SMILES string of the molecule is CCNc1nc(N(CC)CC(C)C)nc(-n2cncn2)n1. The van der Waals surface area contributed by atoms with E-state index in [1.54, 1.807) is 6.33 Å². The van der Waals surface area contributed by atoms with E-state index in [0.717, 1.165) is 19.6 Å². The van der Waals surface area contributed by atoms with Crippen molar-refractivity contribution >= 4 is 11.9 Å². The van der Waals surface area contributed by atoms with E-state index in [4.69, 9.17) is 0 Å². The van der Waals surface area contributed by atoms with Gasteiger partial charge >= 0.3 is 0 Å². The van der Waals surface area contributed by atoms with Crippen molar-refractivity contribution in [1.29, 1.82) is 0 Å². The first-order valence-electron chi connectivity index (χ1n) is 7.23. The lowest BCUT2D eigenvalue weighted by atomic mass is 10.2. The Balaban J connectivity index is 2.39. The molecular weight excluding hydrogens is 268 g/mol. The van der Waals surface area contributed by atoms with Crippen molar-refractivity contribution in [1.82, 2.24) is 29.7 Å². The highest BCUT2D eigenvalue weighted by atomic mass is 15.4. The van der Waals surface area contributed by atoms with Crippen LogP contribution in [0.15, 0.2) is 12.7 Å². The lowest BCUT2D eigenvalue weighted by Crippen LogP contribution is -2.30. The summed E-state index contributed by atoms with van der Waals surface area (Å²) < 4.78 is 1.54. The van der Waals surface area contributed by atoms with Crippen molar-refractivity contribution in [3.05, 3.63) is 12.7 Å². The lowest BCUT2D eigenvalue weighted by Gasteiger charge is -2.23. The van der Waals surface area contributed by atoms with Crippen LogP contribution in [-0.4, -0.2) is 49.4 Å². The van der Waals surface area contributed by atoms with E-state index in [0.29, 0.717) is 23.8 Å². The van der Waals surface area contributed by atoms with Gasteiger partial charge in [0.05, 0.1) is 0 Å². The molecule has 0 atom stereocenters. The second-order valence-electron chi connectivity index (χ2n) is 5.06. The zero-order chi connectivity index (χ0) is 15.2. The third-order valence-corrected chi connectivity index (χ3v) is 2.82. The van der Waals surface area contributed by atoms with Gasteiger partial charge in [0, 0.05) is 19.6 Å². The van der Waals surface area contributed by atoms with Crippen LogP contribution in [0, 0.1) is 5.92 Å². The van der Waals surface area contributed by atoms with Crippen LogP contribution in [0.25, 0.3) is 5.95 Å². The van der Waals surface area contributed by atoms with Crippen molar-refractivity contribution in [2.45, 2.75) is 27.7 Å². The fraction of sp³-hybridized carbons (Fsp3) is 0.615. The van der Waals surface area contributed by atoms with Gasteiger partial charge in [-0.2, -0.15) is 24.7 Å². The maximum atomic E-state index is 4.51. The van der Waals surface area contributed by atoms with Gasteiger partial charge in [-0.1, -0.05) is 13.8 Å². The summed E-state index contributed by atoms with van der Waals surface area (Å²) in [6.07, 6.45) is 3.04. The minimum absolute atomic E-state index is 0.468. The molecule has 0 aliphatic rings. The second-order valence-corrected chi connectivity index (χ2v) is 5.06. The molecular formula is C13H22N8. The number of aromatic nitrogens is 6. The molecule has 0 amide bonds. The predicted octanol–water partition coefficient (Wildman–Crippen LogP) is 1.37. The number of rotatable bonds is 7. The van der Waals surface area contributed by atoms with Gasteiger partial charge in [0.2, 0.25) is 11.9 Å². The first-order valence-corrected chi connectivity index (χ1v) is 7.23. The average Bonchev–Trinajstić information content (AvgIpc) is 2.98. The molecule has 0 aromatic carbocycles. The minimum Gasteiger partial charge on any atom is -0.354 e. The van der Waals surface area contributed by atoms with Gasteiger partial charge < -0.3 is 10.2 Å². The van der Waals surface area contributed by atoms with Gasteiger partial charge in [0.25, 0.3) is 5.95 Å². The van der Waals surface area contributed by atoms with Crippen LogP contribution in [0.5, 0.6) is 0 Å². The molecule has 2 aromatic heterocycles. The monoisotopic (exact) mass is 290 g/mol. The molecule has 1 N–H and O–H groups in total. The first-order chi connectivity index (χ1) is 10.1. The Morgan fingerprint density at radius 2 is 2.05 bits per heavy atom. The van der Waals surface area contributed by atoms with Gasteiger partial charge in [-0.15, -0.1) is 0 Å². The van der Waals surface area contributed by atoms with Crippen molar-refractivity contribution < 1.29 is 0 Å². The molecule has 0 saturated heterocycles. The largest absolute Gasteiger partial charge is 0.354 e. The van der Waals surface area contributed by atoms with Crippen LogP contribution in [0.3, 0.4) is 0 Å². The normalized spacial score (nSPS) is 10.9. The zero-order valence-electron chi connectivity index (χ0n) is 13.0. The van der Waals surface area contributed by atoms with Gasteiger partial charge in [-0.25, -0.2) is 4.98 Å². The predicted molar refractivity (Wildman–Crippen MR) is 81.6 cm³/mol. The van der Waals surface area contributed by atoms with Gasteiger partial charge in [0.1, 0.15) is 12.7 Å². The third-order valence-electron chi connectivity index (χ3n) is 2.82. The van der Waals surface area contributed by atoms with Gasteiger partial charge in [-0.3, -0.25) is 0 Å². The molecule has 114 valence electrons. The van der Waals surface area contributed by atoms with Crippen LogP contribution in [0.1, 0.15) is 27.7 Å². The molecule has 8 nitrogen and oxygen atoms in total. The van der Waals surface area contributed by atoms with Crippen LogP contribution in [-0.2, 0) is 0 Å². The Kier molecular flexibility index (Phi) is 5.02. The molecule has 0 fully saturated rings. The smallest absolute Gasteiger partial charge is 0.258 e. The Morgan fingerprint density at radius 1 is 1.24 bits per heavy atom. The number of nitrogens with zero attached hydrogens (tertiary/aromatic N) is 7. The molecule has 0 unspecified atom stereocenters. The Labute approximate surface area is 124 Å². The summed E-state index contributed by atoms with van der Waals surface area (Å²) in [5.74, 6) is 2.20.